The van der Waals surface area contributed by atoms with Crippen molar-refractivity contribution < 1.29 is 4.79 Å². The molecular weight excluding hydrogens is 467 g/mol. The van der Waals surface area contributed by atoms with Crippen molar-refractivity contribution in [2.45, 2.75) is 6.54 Å². The molecule has 0 unspecified atom stereocenters. The van der Waals surface area contributed by atoms with E-state index in [2.05, 4.69) is 61.6 Å². The van der Waals surface area contributed by atoms with Gasteiger partial charge in [-0.05, 0) is 46.4 Å². The van der Waals surface area contributed by atoms with Crippen LogP contribution in [0.3, 0.4) is 0 Å². The highest BCUT2D eigenvalue weighted by atomic mass is 127. The van der Waals surface area contributed by atoms with Gasteiger partial charge in [0.1, 0.15) is 0 Å². The van der Waals surface area contributed by atoms with E-state index < -0.39 is 0 Å². The van der Waals surface area contributed by atoms with Crippen LogP contribution in [0.4, 0.5) is 0 Å². The molecule has 0 aliphatic carbocycles. The van der Waals surface area contributed by atoms with Crippen molar-refractivity contribution in [2.24, 2.45) is 0 Å². The van der Waals surface area contributed by atoms with Crippen molar-refractivity contribution >= 4 is 44.4 Å². The Morgan fingerprint density at radius 1 is 1.00 bits per heavy atom. The molecule has 0 bridgehead atoms. The first-order valence-corrected chi connectivity index (χ1v) is 9.52. The average molecular weight is 485 g/mol. The zero-order chi connectivity index (χ0) is 16.2. The Morgan fingerprint density at radius 2 is 1.65 bits per heavy atom. The van der Waals surface area contributed by atoms with Crippen molar-refractivity contribution in [2.75, 3.05) is 26.2 Å². The maximum atomic E-state index is 12.6. The van der Waals surface area contributed by atoms with Crippen molar-refractivity contribution in [1.29, 1.82) is 0 Å². The Morgan fingerprint density at radius 3 is 2.35 bits per heavy atom. The summed E-state index contributed by atoms with van der Waals surface area (Å²) in [7, 11) is 0. The second-order valence-electron chi connectivity index (χ2n) is 5.64. The molecule has 0 aromatic heterocycles. The third-order valence-corrected chi connectivity index (χ3v) is 5.83. The molecule has 3 nitrogen and oxygen atoms in total. The summed E-state index contributed by atoms with van der Waals surface area (Å²) in [6.45, 7) is 4.32. The number of hydrogen-bond acceptors (Lipinski definition) is 2. The summed E-state index contributed by atoms with van der Waals surface area (Å²) >= 11 is 5.84. The summed E-state index contributed by atoms with van der Waals surface area (Å²) in [5, 5.41) is 0. The van der Waals surface area contributed by atoms with Crippen molar-refractivity contribution in [3.63, 3.8) is 0 Å². The third kappa shape index (κ3) is 4.14. The molecule has 120 valence electrons. The first kappa shape index (κ1) is 16.9. The monoisotopic (exact) mass is 484 g/mol. The normalized spacial score (nSPS) is 15.7. The molecule has 2 aromatic rings. The van der Waals surface area contributed by atoms with Crippen molar-refractivity contribution in [3.8, 4) is 0 Å². The first-order chi connectivity index (χ1) is 11.1. The highest BCUT2D eigenvalue weighted by Crippen LogP contribution is 2.20. The number of nitrogens with zero attached hydrogens (tertiary/aromatic N) is 2. The zero-order valence-corrected chi connectivity index (χ0v) is 16.5. The SMILES string of the molecule is O=C(c1ccccc1I)N1CCN(Cc2ccccc2Br)CC1. The molecule has 3 rings (SSSR count). The minimum atomic E-state index is 0.149. The van der Waals surface area contributed by atoms with Crippen LogP contribution in [-0.2, 0) is 6.54 Å². The zero-order valence-electron chi connectivity index (χ0n) is 12.7. The molecule has 1 aliphatic rings. The van der Waals surface area contributed by atoms with Gasteiger partial charge >= 0.3 is 0 Å². The second-order valence-corrected chi connectivity index (χ2v) is 7.66. The maximum Gasteiger partial charge on any atom is 0.255 e. The van der Waals surface area contributed by atoms with E-state index in [1.807, 2.05) is 35.2 Å². The van der Waals surface area contributed by atoms with Gasteiger partial charge in [0.25, 0.3) is 5.91 Å². The van der Waals surface area contributed by atoms with Crippen LogP contribution in [0.2, 0.25) is 0 Å². The summed E-state index contributed by atoms with van der Waals surface area (Å²) in [6, 6.07) is 16.1. The molecular formula is C18H18BrIN2O. The fourth-order valence-corrected chi connectivity index (χ4v) is 3.81. The molecule has 0 atom stereocenters. The lowest BCUT2D eigenvalue weighted by molar-refractivity contribution is 0.0627. The summed E-state index contributed by atoms with van der Waals surface area (Å²) in [4.78, 5) is 17.0. The predicted octanol–water partition coefficient (Wildman–Crippen LogP) is 4.01. The largest absolute Gasteiger partial charge is 0.336 e. The Labute approximate surface area is 158 Å². The average Bonchev–Trinajstić information content (AvgIpc) is 2.57. The van der Waals surface area contributed by atoms with E-state index in [0.717, 1.165) is 46.3 Å². The summed E-state index contributed by atoms with van der Waals surface area (Å²) in [6.07, 6.45) is 0. The van der Waals surface area contributed by atoms with Crippen LogP contribution in [0.15, 0.2) is 53.0 Å². The number of carbonyl (C=O) groups is 1. The van der Waals surface area contributed by atoms with E-state index in [4.69, 9.17) is 0 Å². The summed E-state index contributed by atoms with van der Waals surface area (Å²) in [5.41, 5.74) is 2.11. The van der Waals surface area contributed by atoms with E-state index in [-0.39, 0.29) is 5.91 Å². The van der Waals surface area contributed by atoms with E-state index in [1.165, 1.54) is 5.56 Å². The van der Waals surface area contributed by atoms with Gasteiger partial charge in [-0.25, -0.2) is 0 Å². The number of halogens is 2. The molecule has 2 aromatic carbocycles. The number of rotatable bonds is 3. The molecule has 0 saturated carbocycles. The minimum Gasteiger partial charge on any atom is -0.336 e. The maximum absolute atomic E-state index is 12.6. The Hall–Kier alpha value is -0.920. The molecule has 1 amide bonds. The van der Waals surface area contributed by atoms with E-state index in [1.54, 1.807) is 0 Å². The summed E-state index contributed by atoms with van der Waals surface area (Å²) in [5.74, 6) is 0.149. The third-order valence-electron chi connectivity index (χ3n) is 4.12. The molecule has 23 heavy (non-hydrogen) atoms. The quantitative estimate of drug-likeness (QED) is 0.614. The molecule has 0 radical (unpaired) electrons. The Bertz CT molecular complexity index is 699. The number of carbonyl (C=O) groups excluding carboxylic acids is 1. The lowest BCUT2D eigenvalue weighted by Gasteiger charge is -2.35. The fourth-order valence-electron chi connectivity index (χ4n) is 2.78. The predicted molar refractivity (Wildman–Crippen MR) is 104 cm³/mol. The highest BCUT2D eigenvalue weighted by molar-refractivity contribution is 14.1. The molecule has 1 heterocycles. The van der Waals surface area contributed by atoms with Crippen LogP contribution in [0.1, 0.15) is 15.9 Å². The first-order valence-electron chi connectivity index (χ1n) is 7.65. The van der Waals surface area contributed by atoms with Gasteiger partial charge in [-0.2, -0.15) is 0 Å². The second kappa shape index (κ2) is 7.77. The van der Waals surface area contributed by atoms with Crippen LogP contribution in [0.25, 0.3) is 0 Å². The van der Waals surface area contributed by atoms with Gasteiger partial charge in [0.05, 0.1) is 5.56 Å². The van der Waals surface area contributed by atoms with Crippen LogP contribution < -0.4 is 0 Å². The van der Waals surface area contributed by atoms with Gasteiger partial charge in [0, 0.05) is 40.8 Å². The van der Waals surface area contributed by atoms with Crippen LogP contribution in [-0.4, -0.2) is 41.9 Å². The smallest absolute Gasteiger partial charge is 0.255 e. The molecule has 0 N–H and O–H groups in total. The van der Waals surface area contributed by atoms with E-state index >= 15 is 0 Å². The van der Waals surface area contributed by atoms with Gasteiger partial charge in [-0.1, -0.05) is 46.3 Å². The van der Waals surface area contributed by atoms with Crippen molar-refractivity contribution in [1.82, 2.24) is 9.80 Å². The number of benzene rings is 2. The number of amides is 1. The number of hydrogen-bond donors (Lipinski definition) is 0. The van der Waals surface area contributed by atoms with Crippen LogP contribution >= 0.6 is 38.5 Å². The Kier molecular flexibility index (Phi) is 5.71. The van der Waals surface area contributed by atoms with Gasteiger partial charge in [0.15, 0.2) is 0 Å². The molecule has 0 spiro atoms. The standard InChI is InChI=1S/C18H18BrIN2O/c19-16-7-3-1-5-14(16)13-21-9-11-22(12-10-21)18(23)15-6-2-4-8-17(15)20/h1-8H,9-13H2. The van der Waals surface area contributed by atoms with Gasteiger partial charge in [0.2, 0.25) is 0 Å². The molecule has 1 saturated heterocycles. The Balaban J connectivity index is 1.59. The summed E-state index contributed by atoms with van der Waals surface area (Å²) < 4.78 is 2.17. The van der Waals surface area contributed by atoms with E-state index in [9.17, 15) is 4.79 Å². The fraction of sp³-hybridized carbons (Fsp3) is 0.278. The molecule has 1 fully saturated rings. The van der Waals surface area contributed by atoms with Gasteiger partial charge in [-0.3, -0.25) is 9.69 Å². The van der Waals surface area contributed by atoms with Gasteiger partial charge < -0.3 is 4.90 Å². The lowest BCUT2D eigenvalue weighted by Crippen LogP contribution is -2.48. The lowest BCUT2D eigenvalue weighted by atomic mass is 10.1. The highest BCUT2D eigenvalue weighted by Gasteiger charge is 2.23. The van der Waals surface area contributed by atoms with Gasteiger partial charge in [-0.15, -0.1) is 0 Å². The van der Waals surface area contributed by atoms with Crippen LogP contribution in [0.5, 0.6) is 0 Å². The topological polar surface area (TPSA) is 23.6 Å². The van der Waals surface area contributed by atoms with Crippen molar-refractivity contribution in [3.05, 3.63) is 67.7 Å². The molecule has 5 heteroatoms. The number of piperazine rings is 1. The molecule has 1 aliphatic heterocycles. The van der Waals surface area contributed by atoms with E-state index in [0.29, 0.717) is 0 Å². The van der Waals surface area contributed by atoms with Crippen LogP contribution in [0, 0.1) is 3.57 Å². The minimum absolute atomic E-state index is 0.149.